The average molecular weight is 238 g/mol. The molecular formula is C12H9Cl2N. The van der Waals surface area contributed by atoms with Crippen molar-refractivity contribution in [3.63, 3.8) is 0 Å². The fraction of sp³-hybridized carbons (Fsp3) is 0. The van der Waals surface area contributed by atoms with E-state index in [1.54, 1.807) is 0 Å². The minimum Gasteiger partial charge on any atom is -0.399 e. The van der Waals surface area contributed by atoms with Crippen molar-refractivity contribution in [1.29, 1.82) is 0 Å². The van der Waals surface area contributed by atoms with E-state index < -0.39 is 0 Å². The number of nitrogen functional groups attached to an aromatic ring is 1. The molecule has 2 aromatic carbocycles. The Morgan fingerprint density at radius 3 is 2.07 bits per heavy atom. The number of hydrogen-bond donors (Lipinski definition) is 1. The summed E-state index contributed by atoms with van der Waals surface area (Å²) in [5, 5.41) is 1.27. The van der Waals surface area contributed by atoms with Gasteiger partial charge in [-0.25, -0.2) is 0 Å². The summed E-state index contributed by atoms with van der Waals surface area (Å²) in [7, 11) is 0. The highest BCUT2D eigenvalue weighted by Crippen LogP contribution is 2.34. The zero-order valence-electron chi connectivity index (χ0n) is 7.87. The number of rotatable bonds is 1. The molecule has 15 heavy (non-hydrogen) atoms. The summed E-state index contributed by atoms with van der Waals surface area (Å²) in [6.45, 7) is 0. The Labute approximate surface area is 98.4 Å². The molecule has 0 unspecified atom stereocenters. The quantitative estimate of drug-likeness (QED) is 0.738. The van der Waals surface area contributed by atoms with Crippen LogP contribution in [0.15, 0.2) is 42.5 Å². The van der Waals surface area contributed by atoms with Gasteiger partial charge in [-0.2, -0.15) is 0 Å². The van der Waals surface area contributed by atoms with Gasteiger partial charge in [0.2, 0.25) is 0 Å². The van der Waals surface area contributed by atoms with Gasteiger partial charge in [0.1, 0.15) is 0 Å². The van der Waals surface area contributed by atoms with Gasteiger partial charge >= 0.3 is 0 Å². The van der Waals surface area contributed by atoms with Gasteiger partial charge in [-0.1, -0.05) is 41.4 Å². The molecule has 3 heteroatoms. The predicted octanol–water partition coefficient (Wildman–Crippen LogP) is 4.24. The van der Waals surface area contributed by atoms with Crippen LogP contribution in [-0.4, -0.2) is 0 Å². The molecule has 2 rings (SSSR count). The molecule has 2 N–H and O–H groups in total. The molecule has 1 nitrogen and oxygen atoms in total. The fourth-order valence-electron chi connectivity index (χ4n) is 1.47. The summed E-state index contributed by atoms with van der Waals surface area (Å²) in [5.41, 5.74) is 8.17. The summed E-state index contributed by atoms with van der Waals surface area (Å²) in [6, 6.07) is 12.9. The molecule has 0 radical (unpaired) electrons. The molecular weight excluding hydrogens is 229 g/mol. The van der Waals surface area contributed by atoms with Crippen LogP contribution in [0, 0.1) is 0 Å². The third-order valence-corrected chi connectivity index (χ3v) is 2.77. The lowest BCUT2D eigenvalue weighted by molar-refractivity contribution is 1.61. The lowest BCUT2D eigenvalue weighted by Gasteiger charge is -2.07. The zero-order chi connectivity index (χ0) is 10.8. The Morgan fingerprint density at radius 2 is 1.47 bits per heavy atom. The van der Waals surface area contributed by atoms with Crippen LogP contribution in [0.2, 0.25) is 10.0 Å². The molecule has 0 amide bonds. The van der Waals surface area contributed by atoms with Crippen molar-refractivity contribution in [2.24, 2.45) is 0 Å². The van der Waals surface area contributed by atoms with E-state index in [2.05, 4.69) is 0 Å². The maximum absolute atomic E-state index is 6.09. The molecule has 0 aliphatic carbocycles. The van der Waals surface area contributed by atoms with E-state index in [-0.39, 0.29) is 0 Å². The first-order valence-corrected chi connectivity index (χ1v) is 5.24. The molecule has 0 saturated heterocycles. The average Bonchev–Trinajstić information content (AvgIpc) is 2.17. The van der Waals surface area contributed by atoms with Crippen molar-refractivity contribution in [3.05, 3.63) is 52.5 Å². The van der Waals surface area contributed by atoms with E-state index in [1.807, 2.05) is 42.5 Å². The first-order chi connectivity index (χ1) is 7.18. The summed E-state index contributed by atoms with van der Waals surface area (Å²) >= 11 is 12.2. The van der Waals surface area contributed by atoms with E-state index >= 15 is 0 Å². The molecule has 0 fully saturated rings. The monoisotopic (exact) mass is 237 g/mol. The highest BCUT2D eigenvalue weighted by molar-refractivity contribution is 6.39. The normalized spacial score (nSPS) is 10.3. The minimum atomic E-state index is 0.633. The third-order valence-electron chi connectivity index (χ3n) is 2.14. The van der Waals surface area contributed by atoms with Gasteiger partial charge in [0, 0.05) is 21.3 Å². The second-order valence-corrected chi connectivity index (χ2v) is 4.04. The lowest BCUT2D eigenvalue weighted by Crippen LogP contribution is -1.86. The SMILES string of the molecule is Nc1cccc(-c2c(Cl)cccc2Cl)c1. The number of anilines is 1. The van der Waals surface area contributed by atoms with Gasteiger partial charge in [-0.3, -0.25) is 0 Å². The predicted molar refractivity (Wildman–Crippen MR) is 66.3 cm³/mol. The third kappa shape index (κ3) is 2.09. The number of hydrogen-bond acceptors (Lipinski definition) is 1. The van der Waals surface area contributed by atoms with Gasteiger partial charge in [0.15, 0.2) is 0 Å². The minimum absolute atomic E-state index is 0.633. The van der Waals surface area contributed by atoms with Crippen LogP contribution in [0.1, 0.15) is 0 Å². The summed E-state index contributed by atoms with van der Waals surface area (Å²) in [4.78, 5) is 0. The smallest absolute Gasteiger partial charge is 0.0499 e. The number of benzene rings is 2. The molecule has 0 saturated carbocycles. The van der Waals surface area contributed by atoms with E-state index in [0.29, 0.717) is 15.7 Å². The van der Waals surface area contributed by atoms with Crippen LogP contribution >= 0.6 is 23.2 Å². The van der Waals surface area contributed by atoms with Crippen molar-refractivity contribution < 1.29 is 0 Å². The topological polar surface area (TPSA) is 26.0 Å². The standard InChI is InChI=1S/C12H9Cl2N/c13-10-5-2-6-11(14)12(10)8-3-1-4-9(15)7-8/h1-7H,15H2. The van der Waals surface area contributed by atoms with Crippen LogP contribution < -0.4 is 5.73 Å². The van der Waals surface area contributed by atoms with E-state index in [1.165, 1.54) is 0 Å². The van der Waals surface area contributed by atoms with Crippen molar-refractivity contribution in [2.45, 2.75) is 0 Å². The van der Waals surface area contributed by atoms with E-state index in [0.717, 1.165) is 11.1 Å². The molecule has 0 aliphatic heterocycles. The summed E-state index contributed by atoms with van der Waals surface area (Å²) < 4.78 is 0. The highest BCUT2D eigenvalue weighted by atomic mass is 35.5. The molecule has 76 valence electrons. The van der Waals surface area contributed by atoms with Gasteiger partial charge in [-0.15, -0.1) is 0 Å². The number of halogens is 2. The van der Waals surface area contributed by atoms with Crippen LogP contribution in [0.25, 0.3) is 11.1 Å². The van der Waals surface area contributed by atoms with Crippen molar-refractivity contribution in [1.82, 2.24) is 0 Å². The largest absolute Gasteiger partial charge is 0.399 e. The maximum Gasteiger partial charge on any atom is 0.0499 e. The lowest BCUT2D eigenvalue weighted by atomic mass is 10.1. The second kappa shape index (κ2) is 4.13. The number of nitrogens with two attached hydrogens (primary N) is 1. The molecule has 0 heterocycles. The molecule has 0 aromatic heterocycles. The first kappa shape index (κ1) is 10.3. The van der Waals surface area contributed by atoms with Gasteiger partial charge in [0.05, 0.1) is 0 Å². The van der Waals surface area contributed by atoms with Crippen LogP contribution in [0.3, 0.4) is 0 Å². The summed E-state index contributed by atoms with van der Waals surface area (Å²) in [5.74, 6) is 0. The Bertz CT molecular complexity index is 474. The molecule has 0 bridgehead atoms. The first-order valence-electron chi connectivity index (χ1n) is 4.48. The fourth-order valence-corrected chi connectivity index (χ4v) is 2.08. The second-order valence-electron chi connectivity index (χ2n) is 3.22. The van der Waals surface area contributed by atoms with Crippen molar-refractivity contribution in [2.75, 3.05) is 5.73 Å². The molecule has 2 aromatic rings. The highest BCUT2D eigenvalue weighted by Gasteiger charge is 2.07. The van der Waals surface area contributed by atoms with Crippen LogP contribution in [0.4, 0.5) is 5.69 Å². The van der Waals surface area contributed by atoms with E-state index in [9.17, 15) is 0 Å². The Balaban J connectivity index is 2.63. The van der Waals surface area contributed by atoms with Crippen molar-refractivity contribution in [3.8, 4) is 11.1 Å². The molecule has 0 aliphatic rings. The van der Waals surface area contributed by atoms with Crippen molar-refractivity contribution >= 4 is 28.9 Å². The van der Waals surface area contributed by atoms with Gasteiger partial charge in [0.25, 0.3) is 0 Å². The Morgan fingerprint density at radius 1 is 0.867 bits per heavy atom. The maximum atomic E-state index is 6.09. The van der Waals surface area contributed by atoms with Gasteiger partial charge in [-0.05, 0) is 29.8 Å². The van der Waals surface area contributed by atoms with E-state index in [4.69, 9.17) is 28.9 Å². The van der Waals surface area contributed by atoms with Crippen LogP contribution in [-0.2, 0) is 0 Å². The molecule has 0 spiro atoms. The Kier molecular flexibility index (Phi) is 2.85. The van der Waals surface area contributed by atoms with Gasteiger partial charge < -0.3 is 5.73 Å². The summed E-state index contributed by atoms with van der Waals surface area (Å²) in [6.07, 6.45) is 0. The molecule has 0 atom stereocenters. The Hall–Kier alpha value is -1.18. The van der Waals surface area contributed by atoms with Crippen LogP contribution in [0.5, 0.6) is 0 Å². The zero-order valence-corrected chi connectivity index (χ0v) is 9.39.